The van der Waals surface area contributed by atoms with Crippen LogP contribution in [0.4, 0.5) is 11.4 Å². The fraction of sp³-hybridized carbons (Fsp3) is 0.364. The molecule has 0 saturated carbocycles. The third kappa shape index (κ3) is 3.33. The molecule has 1 aromatic carbocycles. The van der Waals surface area contributed by atoms with Gasteiger partial charge in [0, 0.05) is 24.5 Å². The van der Waals surface area contributed by atoms with Gasteiger partial charge in [0.1, 0.15) is 0 Å². The summed E-state index contributed by atoms with van der Waals surface area (Å²) >= 11 is 0. The third-order valence-electron chi connectivity index (χ3n) is 2.37. The Morgan fingerprint density at radius 3 is 2.29 bits per heavy atom. The highest BCUT2D eigenvalue weighted by molar-refractivity contribution is 5.94. The summed E-state index contributed by atoms with van der Waals surface area (Å²) in [7, 11) is 0. The number of carboxylic acid groups (broad SMARTS) is 1. The fourth-order valence-corrected chi connectivity index (χ4v) is 1.54. The quantitative estimate of drug-likeness (QED) is 0.511. The van der Waals surface area contributed by atoms with Crippen molar-refractivity contribution < 1.29 is 20.1 Å². The van der Waals surface area contributed by atoms with Crippen molar-refractivity contribution in [3.05, 3.63) is 23.8 Å². The Morgan fingerprint density at radius 1 is 1.24 bits per heavy atom. The van der Waals surface area contributed by atoms with Crippen LogP contribution in [0.3, 0.4) is 0 Å². The lowest BCUT2D eigenvalue weighted by Crippen LogP contribution is -2.29. The Morgan fingerprint density at radius 2 is 1.82 bits per heavy atom. The van der Waals surface area contributed by atoms with Crippen LogP contribution in [-0.2, 0) is 0 Å². The largest absolute Gasteiger partial charge is 0.478 e. The normalized spacial score (nSPS) is 10.2. The van der Waals surface area contributed by atoms with Gasteiger partial charge >= 0.3 is 5.97 Å². The highest BCUT2D eigenvalue weighted by atomic mass is 16.4. The van der Waals surface area contributed by atoms with Crippen molar-refractivity contribution in [3.63, 3.8) is 0 Å². The minimum atomic E-state index is -1.10. The fourth-order valence-electron chi connectivity index (χ4n) is 1.54. The van der Waals surface area contributed by atoms with E-state index in [2.05, 4.69) is 0 Å². The second-order valence-corrected chi connectivity index (χ2v) is 3.51. The lowest BCUT2D eigenvalue weighted by Gasteiger charge is -2.23. The molecule has 0 aromatic heterocycles. The Kier molecular flexibility index (Phi) is 4.74. The van der Waals surface area contributed by atoms with Gasteiger partial charge in [-0.05, 0) is 18.2 Å². The van der Waals surface area contributed by atoms with Gasteiger partial charge in [-0.15, -0.1) is 0 Å². The van der Waals surface area contributed by atoms with E-state index in [-0.39, 0.29) is 24.5 Å². The van der Waals surface area contributed by atoms with Crippen LogP contribution in [0.25, 0.3) is 0 Å². The number of nitrogens with two attached hydrogens (primary N) is 1. The molecule has 0 fully saturated rings. The van der Waals surface area contributed by atoms with Crippen LogP contribution in [0.2, 0.25) is 0 Å². The molecular weight excluding hydrogens is 224 g/mol. The number of aliphatic hydroxyl groups excluding tert-OH is 2. The van der Waals surface area contributed by atoms with Crippen molar-refractivity contribution in [1.82, 2.24) is 0 Å². The topological polar surface area (TPSA) is 107 Å². The molecule has 6 nitrogen and oxygen atoms in total. The zero-order valence-corrected chi connectivity index (χ0v) is 9.33. The summed E-state index contributed by atoms with van der Waals surface area (Å²) in [5, 5.41) is 26.7. The number of nitrogen functional groups attached to an aromatic ring is 1. The van der Waals surface area contributed by atoms with Crippen molar-refractivity contribution in [2.24, 2.45) is 0 Å². The molecule has 5 N–H and O–H groups in total. The molecule has 0 bridgehead atoms. The number of anilines is 2. The van der Waals surface area contributed by atoms with Gasteiger partial charge in [0.2, 0.25) is 0 Å². The van der Waals surface area contributed by atoms with Gasteiger partial charge in [0.05, 0.1) is 18.8 Å². The van der Waals surface area contributed by atoms with Crippen LogP contribution >= 0.6 is 0 Å². The molecule has 0 amide bonds. The molecule has 0 atom stereocenters. The zero-order chi connectivity index (χ0) is 12.8. The van der Waals surface area contributed by atoms with Crippen LogP contribution < -0.4 is 10.6 Å². The maximum Gasteiger partial charge on any atom is 0.337 e. The second kappa shape index (κ2) is 6.07. The molecular formula is C11H16N2O4. The predicted molar refractivity (Wildman–Crippen MR) is 64.2 cm³/mol. The Bertz CT molecular complexity index is 389. The van der Waals surface area contributed by atoms with E-state index in [0.717, 1.165) is 0 Å². The van der Waals surface area contributed by atoms with E-state index in [1.807, 2.05) is 0 Å². The smallest absolute Gasteiger partial charge is 0.337 e. The van der Waals surface area contributed by atoms with E-state index in [1.165, 1.54) is 12.1 Å². The first-order valence-electron chi connectivity index (χ1n) is 5.19. The van der Waals surface area contributed by atoms with Crippen molar-refractivity contribution in [2.45, 2.75) is 0 Å². The molecule has 0 aliphatic heterocycles. The summed E-state index contributed by atoms with van der Waals surface area (Å²) in [6.45, 7) is 0.493. The summed E-state index contributed by atoms with van der Waals surface area (Å²) in [6, 6.07) is 4.59. The van der Waals surface area contributed by atoms with Crippen LogP contribution in [-0.4, -0.2) is 47.6 Å². The van der Waals surface area contributed by atoms with E-state index in [9.17, 15) is 4.79 Å². The van der Waals surface area contributed by atoms with Gasteiger partial charge in [-0.3, -0.25) is 0 Å². The van der Waals surface area contributed by atoms with Gasteiger partial charge in [0.25, 0.3) is 0 Å². The molecule has 0 unspecified atom stereocenters. The number of carboxylic acids is 1. The van der Waals surface area contributed by atoms with Gasteiger partial charge in [-0.1, -0.05) is 0 Å². The highest BCUT2D eigenvalue weighted by Gasteiger charge is 2.12. The van der Waals surface area contributed by atoms with Crippen LogP contribution in [0, 0.1) is 0 Å². The molecule has 94 valence electrons. The maximum absolute atomic E-state index is 10.9. The Labute approximate surface area is 98.9 Å². The number of nitrogens with zero attached hydrogens (tertiary/aromatic N) is 1. The molecule has 1 aromatic rings. The molecule has 6 heteroatoms. The first kappa shape index (κ1) is 13.3. The van der Waals surface area contributed by atoms with E-state index in [0.29, 0.717) is 18.8 Å². The molecule has 0 spiro atoms. The minimum absolute atomic E-state index is 0.0170. The van der Waals surface area contributed by atoms with Gasteiger partial charge < -0.3 is 26.0 Å². The van der Waals surface area contributed by atoms with E-state index < -0.39 is 5.97 Å². The molecule has 17 heavy (non-hydrogen) atoms. The number of aliphatic hydroxyl groups is 2. The van der Waals surface area contributed by atoms with Crippen molar-refractivity contribution in [1.29, 1.82) is 0 Å². The summed E-state index contributed by atoms with van der Waals surface area (Å²) in [5.41, 5.74) is 6.36. The number of rotatable bonds is 6. The lowest BCUT2D eigenvalue weighted by atomic mass is 10.1. The molecule has 0 saturated heterocycles. The minimum Gasteiger partial charge on any atom is -0.478 e. The molecule has 0 aliphatic rings. The molecule has 0 radical (unpaired) electrons. The van der Waals surface area contributed by atoms with Crippen LogP contribution in [0.15, 0.2) is 18.2 Å². The average molecular weight is 240 g/mol. The van der Waals surface area contributed by atoms with Gasteiger partial charge in [-0.2, -0.15) is 0 Å². The average Bonchev–Trinajstić information content (AvgIpc) is 2.29. The van der Waals surface area contributed by atoms with Gasteiger partial charge in [0.15, 0.2) is 0 Å². The van der Waals surface area contributed by atoms with E-state index in [1.54, 1.807) is 11.0 Å². The number of aromatic carboxylic acids is 1. The standard InChI is InChI=1S/C11H16N2O4/c12-10-2-1-8(7-9(10)11(16)17)13(3-5-14)4-6-15/h1-2,7,14-15H,3-6,12H2,(H,16,17). The molecule has 0 aliphatic carbocycles. The molecule has 1 rings (SSSR count). The van der Waals surface area contributed by atoms with Gasteiger partial charge in [-0.25, -0.2) is 4.79 Å². The van der Waals surface area contributed by atoms with Crippen LogP contribution in [0.1, 0.15) is 10.4 Å². The second-order valence-electron chi connectivity index (χ2n) is 3.51. The lowest BCUT2D eigenvalue weighted by molar-refractivity contribution is 0.0698. The molecule has 0 heterocycles. The predicted octanol–water partition coefficient (Wildman–Crippen LogP) is -0.242. The third-order valence-corrected chi connectivity index (χ3v) is 2.37. The first-order chi connectivity index (χ1) is 8.10. The number of hydrogen-bond donors (Lipinski definition) is 4. The summed E-state index contributed by atoms with van der Waals surface area (Å²) in [6.07, 6.45) is 0. The highest BCUT2D eigenvalue weighted by Crippen LogP contribution is 2.21. The van der Waals surface area contributed by atoms with Crippen molar-refractivity contribution >= 4 is 17.3 Å². The monoisotopic (exact) mass is 240 g/mol. The van der Waals surface area contributed by atoms with Crippen LogP contribution in [0.5, 0.6) is 0 Å². The number of benzene rings is 1. The zero-order valence-electron chi connectivity index (χ0n) is 9.33. The first-order valence-corrected chi connectivity index (χ1v) is 5.19. The van der Waals surface area contributed by atoms with Crippen molar-refractivity contribution in [3.8, 4) is 0 Å². The Balaban J connectivity index is 3.03. The number of carbonyl (C=O) groups is 1. The van der Waals surface area contributed by atoms with E-state index in [4.69, 9.17) is 21.1 Å². The van der Waals surface area contributed by atoms with E-state index >= 15 is 0 Å². The summed E-state index contributed by atoms with van der Waals surface area (Å²) in [5.74, 6) is -1.10. The summed E-state index contributed by atoms with van der Waals surface area (Å²) in [4.78, 5) is 12.6. The van der Waals surface area contributed by atoms with Crippen molar-refractivity contribution in [2.75, 3.05) is 36.9 Å². The maximum atomic E-state index is 10.9. The SMILES string of the molecule is Nc1ccc(N(CCO)CCO)cc1C(=O)O. The Hall–Kier alpha value is -1.79. The number of hydrogen-bond acceptors (Lipinski definition) is 5. The summed E-state index contributed by atoms with van der Waals surface area (Å²) < 4.78 is 0.